The summed E-state index contributed by atoms with van der Waals surface area (Å²) in [5, 5.41) is 12.3. The molecule has 6 aromatic carbocycles. The zero-order chi connectivity index (χ0) is 30.3. The van der Waals surface area contributed by atoms with Crippen LogP contribution >= 0.6 is 44.2 Å². The Balaban J connectivity index is 0.000000146. The fraction of sp³-hybridized carbons (Fsp3) is 0.0833. The van der Waals surface area contributed by atoms with Gasteiger partial charge in [0.25, 0.3) is 5.97 Å². The number of aliphatic carboxylic acids is 1. The van der Waals surface area contributed by atoms with Crippen LogP contribution in [0.15, 0.2) is 120 Å². The summed E-state index contributed by atoms with van der Waals surface area (Å²) in [6.45, 7) is 1.08. The van der Waals surface area contributed by atoms with Gasteiger partial charge in [-0.05, 0) is 51.7 Å². The van der Waals surface area contributed by atoms with E-state index >= 15 is 0 Å². The van der Waals surface area contributed by atoms with Crippen LogP contribution in [0.4, 0.5) is 0 Å². The Hall–Kier alpha value is -3.65. The Morgan fingerprint density at radius 2 is 1.07 bits per heavy atom. The van der Waals surface area contributed by atoms with Crippen molar-refractivity contribution in [3.63, 3.8) is 0 Å². The lowest BCUT2D eigenvalue weighted by atomic mass is 9.97. The first-order valence-corrected chi connectivity index (χ1v) is 18.0. The van der Waals surface area contributed by atoms with Crippen LogP contribution < -0.4 is 9.47 Å². The molecule has 4 nitrogen and oxygen atoms in total. The molecule has 1 N–H and O–H groups in total. The van der Waals surface area contributed by atoms with E-state index in [0.717, 1.165) is 47.2 Å². The number of rotatable bonds is 0. The molecule has 216 valence electrons. The first-order chi connectivity index (χ1) is 21.0. The molecule has 8 rings (SSSR count). The molecule has 0 amide bonds. The molecule has 0 saturated heterocycles. The standard InChI is InChI=1S/C17H11BrO.C17H12O.C2H4O2.Br2/c18-14-7-8-16-13(10-14)9-12-6-5-11-3-1-2-4-15(11)17(12)19-16;1-3-7-15-12(5-1)9-10-14-11-13-6-2-4-8-16(13)18-17(14)15;1-2(3)4;1-2/h1-8,10H,9H2;1-10H,11H2;1H3,(H,3,4);. The molecule has 0 spiro atoms. The predicted molar refractivity (Wildman–Crippen MR) is 185 cm³/mol. The maximum Gasteiger partial charge on any atom is 0.300 e. The van der Waals surface area contributed by atoms with Gasteiger partial charge in [-0.25, -0.2) is 0 Å². The Kier molecular flexibility index (Phi) is 10.2. The zero-order valence-electron chi connectivity index (χ0n) is 23.2. The normalized spacial score (nSPS) is 11.6. The minimum Gasteiger partial charge on any atom is -0.481 e. The van der Waals surface area contributed by atoms with Crippen molar-refractivity contribution in [2.24, 2.45) is 0 Å². The van der Waals surface area contributed by atoms with Gasteiger partial charge in [0.1, 0.15) is 23.0 Å². The SMILES string of the molecule is BrBr.Brc1ccc2c(c1)Cc1ccc3ccccc3c1O2.CC(=O)O.c1ccc2c(c1)Cc1ccc3ccccc3c1O2. The second kappa shape index (κ2) is 14.2. The largest absolute Gasteiger partial charge is 0.481 e. The predicted octanol–water partition coefficient (Wildman–Crippen LogP) is 11.6. The van der Waals surface area contributed by atoms with E-state index in [0.29, 0.717) is 0 Å². The molecule has 2 aliphatic rings. The fourth-order valence-electron chi connectivity index (χ4n) is 5.26. The van der Waals surface area contributed by atoms with Crippen LogP contribution in [0.5, 0.6) is 23.0 Å². The van der Waals surface area contributed by atoms with Gasteiger partial charge in [-0.1, -0.05) is 107 Å². The minimum absolute atomic E-state index is 0.833. The lowest BCUT2D eigenvalue weighted by Crippen LogP contribution is -2.03. The van der Waals surface area contributed by atoms with Crippen molar-refractivity contribution in [2.75, 3.05) is 0 Å². The van der Waals surface area contributed by atoms with Gasteiger partial charge < -0.3 is 14.6 Å². The monoisotopic (exact) mass is 760 g/mol. The number of hydrogen-bond acceptors (Lipinski definition) is 3. The third-order valence-electron chi connectivity index (χ3n) is 7.10. The number of ether oxygens (including phenoxy) is 2. The maximum atomic E-state index is 9.00. The summed E-state index contributed by atoms with van der Waals surface area (Å²) in [6, 6.07) is 39.9. The molecule has 0 aromatic heterocycles. The van der Waals surface area contributed by atoms with Gasteiger partial charge in [-0.2, -0.15) is 0 Å². The van der Waals surface area contributed by atoms with E-state index in [-0.39, 0.29) is 0 Å². The molecule has 7 heteroatoms. The highest BCUT2D eigenvalue weighted by Crippen LogP contribution is 2.42. The minimum atomic E-state index is -0.833. The van der Waals surface area contributed by atoms with E-state index < -0.39 is 5.97 Å². The Bertz CT molecular complexity index is 1920. The van der Waals surface area contributed by atoms with Crippen LogP contribution in [0.3, 0.4) is 0 Å². The first-order valence-electron chi connectivity index (χ1n) is 13.5. The average molecular weight is 763 g/mol. The lowest BCUT2D eigenvalue weighted by molar-refractivity contribution is -0.134. The van der Waals surface area contributed by atoms with Crippen molar-refractivity contribution in [2.45, 2.75) is 19.8 Å². The van der Waals surface area contributed by atoms with Gasteiger partial charge >= 0.3 is 0 Å². The molecule has 0 bridgehead atoms. The molecule has 2 aliphatic heterocycles. The summed E-state index contributed by atoms with van der Waals surface area (Å²) in [5.41, 5.74) is 5.02. The van der Waals surface area contributed by atoms with Crippen LogP contribution in [0, 0.1) is 0 Å². The van der Waals surface area contributed by atoms with Crippen LogP contribution in [-0.2, 0) is 17.6 Å². The van der Waals surface area contributed by atoms with E-state index in [1.807, 2.05) is 24.3 Å². The number of para-hydroxylation sites is 1. The average Bonchev–Trinajstić information content (AvgIpc) is 3.04. The van der Waals surface area contributed by atoms with E-state index in [2.05, 4.69) is 135 Å². The smallest absolute Gasteiger partial charge is 0.300 e. The molecule has 43 heavy (non-hydrogen) atoms. The summed E-state index contributed by atoms with van der Waals surface area (Å²) in [4.78, 5) is 9.00. The first kappa shape index (κ1) is 30.8. The van der Waals surface area contributed by atoms with Crippen LogP contribution in [0.25, 0.3) is 21.5 Å². The number of carboxylic acid groups (broad SMARTS) is 1. The third kappa shape index (κ3) is 7.12. The number of hydrogen-bond donors (Lipinski definition) is 1. The molecule has 2 heterocycles. The highest BCUT2D eigenvalue weighted by Gasteiger charge is 2.20. The number of benzene rings is 6. The number of carbonyl (C=O) groups is 1. The molecule has 0 aliphatic carbocycles. The van der Waals surface area contributed by atoms with Crippen molar-refractivity contribution < 1.29 is 19.4 Å². The molecule has 0 saturated carbocycles. The van der Waals surface area contributed by atoms with Crippen molar-refractivity contribution in [1.29, 1.82) is 0 Å². The van der Waals surface area contributed by atoms with Gasteiger partial charge in [0, 0.05) is 68.8 Å². The van der Waals surface area contributed by atoms with Crippen molar-refractivity contribution in [1.82, 2.24) is 0 Å². The number of fused-ring (bicyclic) bond motifs is 8. The van der Waals surface area contributed by atoms with Crippen LogP contribution in [-0.4, -0.2) is 11.1 Å². The number of carboxylic acids is 1. The van der Waals surface area contributed by atoms with Crippen molar-refractivity contribution >= 4 is 71.7 Å². The van der Waals surface area contributed by atoms with Crippen molar-refractivity contribution in [3.8, 4) is 23.0 Å². The van der Waals surface area contributed by atoms with Gasteiger partial charge in [0.05, 0.1) is 0 Å². The molecule has 0 atom stereocenters. The molecular weight excluding hydrogens is 736 g/mol. The summed E-state index contributed by atoms with van der Waals surface area (Å²) >= 11 is 9.01. The Morgan fingerprint density at radius 1 is 0.605 bits per heavy atom. The van der Waals surface area contributed by atoms with Gasteiger partial charge in [0.15, 0.2) is 0 Å². The van der Waals surface area contributed by atoms with Crippen molar-refractivity contribution in [3.05, 3.63) is 142 Å². The summed E-state index contributed by atoms with van der Waals surface area (Å²) in [6.07, 6.45) is 1.88. The number of halogens is 3. The summed E-state index contributed by atoms with van der Waals surface area (Å²) in [5.74, 6) is 3.15. The molecule has 0 radical (unpaired) electrons. The van der Waals surface area contributed by atoms with E-state index in [4.69, 9.17) is 19.4 Å². The molecular formula is C36H27Br3O4. The fourth-order valence-corrected chi connectivity index (χ4v) is 5.67. The van der Waals surface area contributed by atoms with E-state index in [1.165, 1.54) is 43.8 Å². The second-order valence-electron chi connectivity index (χ2n) is 9.99. The van der Waals surface area contributed by atoms with E-state index in [9.17, 15) is 0 Å². The van der Waals surface area contributed by atoms with E-state index in [1.54, 1.807) is 0 Å². The highest BCUT2D eigenvalue weighted by atomic mass is 80.9. The third-order valence-corrected chi connectivity index (χ3v) is 7.60. The zero-order valence-corrected chi connectivity index (χ0v) is 27.9. The quantitative estimate of drug-likeness (QED) is 0.167. The summed E-state index contributed by atoms with van der Waals surface area (Å²) < 4.78 is 13.3. The van der Waals surface area contributed by atoms with Gasteiger partial charge in [0.2, 0.25) is 0 Å². The molecule has 0 unspecified atom stereocenters. The molecule has 6 aromatic rings. The Morgan fingerprint density at radius 3 is 1.65 bits per heavy atom. The van der Waals surface area contributed by atoms with Gasteiger partial charge in [-0.3, -0.25) is 4.79 Å². The highest BCUT2D eigenvalue weighted by molar-refractivity contribution is 9.93. The lowest BCUT2D eigenvalue weighted by Gasteiger charge is -2.22. The Labute approximate surface area is 274 Å². The summed E-state index contributed by atoms with van der Waals surface area (Å²) in [7, 11) is 0. The van der Waals surface area contributed by atoms with Crippen LogP contribution in [0.2, 0.25) is 0 Å². The maximum absolute atomic E-state index is 9.00. The van der Waals surface area contributed by atoms with Gasteiger partial charge in [-0.15, -0.1) is 0 Å². The van der Waals surface area contributed by atoms with Crippen LogP contribution in [0.1, 0.15) is 29.2 Å². The topological polar surface area (TPSA) is 55.8 Å². The molecule has 0 fully saturated rings. The second-order valence-corrected chi connectivity index (χ2v) is 10.9.